The van der Waals surface area contributed by atoms with Gasteiger partial charge in [-0.25, -0.2) is 9.78 Å². The minimum atomic E-state index is -1.01. The zero-order chi connectivity index (χ0) is 14.8. The summed E-state index contributed by atoms with van der Waals surface area (Å²) in [5, 5.41) is 10.0. The van der Waals surface area contributed by atoms with Crippen LogP contribution in [0.5, 0.6) is 0 Å². The first-order chi connectivity index (χ1) is 9.51. The van der Waals surface area contributed by atoms with E-state index in [1.807, 2.05) is 44.2 Å². The van der Waals surface area contributed by atoms with Crippen molar-refractivity contribution in [1.29, 1.82) is 0 Å². The second-order valence-corrected chi connectivity index (χ2v) is 5.66. The zero-order valence-corrected chi connectivity index (χ0v) is 12.5. The molecule has 0 radical (unpaired) electrons. The van der Waals surface area contributed by atoms with Crippen LogP contribution in [0.2, 0.25) is 0 Å². The van der Waals surface area contributed by atoms with Gasteiger partial charge in [-0.3, -0.25) is 0 Å². The molecular formula is C15H17NO3S. The first-order valence-electron chi connectivity index (χ1n) is 6.37. The molecule has 0 aliphatic rings. The van der Waals surface area contributed by atoms with Gasteiger partial charge in [0.05, 0.1) is 4.88 Å². The summed E-state index contributed by atoms with van der Waals surface area (Å²) >= 11 is 1.38. The average Bonchev–Trinajstić information content (AvgIpc) is 2.93. The summed E-state index contributed by atoms with van der Waals surface area (Å²) in [6, 6.07) is 9.45. The van der Waals surface area contributed by atoms with Gasteiger partial charge in [-0.2, -0.15) is 0 Å². The van der Waals surface area contributed by atoms with E-state index in [2.05, 4.69) is 4.98 Å². The Hall–Kier alpha value is -1.72. The Morgan fingerprint density at radius 2 is 2.05 bits per heavy atom. The summed E-state index contributed by atoms with van der Waals surface area (Å²) in [5.41, 5.74) is 0.401. The van der Waals surface area contributed by atoms with Crippen LogP contribution in [0.15, 0.2) is 30.3 Å². The predicted molar refractivity (Wildman–Crippen MR) is 79.2 cm³/mol. The van der Waals surface area contributed by atoms with E-state index in [4.69, 9.17) is 4.74 Å². The molecule has 0 saturated carbocycles. The van der Waals surface area contributed by atoms with E-state index >= 15 is 0 Å². The molecule has 20 heavy (non-hydrogen) atoms. The largest absolute Gasteiger partial charge is 0.476 e. The van der Waals surface area contributed by atoms with Crippen LogP contribution in [-0.4, -0.2) is 23.2 Å². The molecule has 1 heterocycles. The molecule has 0 fully saturated rings. The van der Waals surface area contributed by atoms with Gasteiger partial charge in [0.1, 0.15) is 10.6 Å². The van der Waals surface area contributed by atoms with Gasteiger partial charge < -0.3 is 9.84 Å². The summed E-state index contributed by atoms with van der Waals surface area (Å²) in [4.78, 5) is 16.4. The van der Waals surface area contributed by atoms with Crippen LogP contribution >= 0.6 is 11.3 Å². The van der Waals surface area contributed by atoms with Gasteiger partial charge in [-0.05, 0) is 18.9 Å². The van der Waals surface area contributed by atoms with E-state index in [0.717, 1.165) is 12.0 Å². The molecule has 0 amide bonds. The van der Waals surface area contributed by atoms with Crippen LogP contribution in [0.3, 0.4) is 0 Å². The zero-order valence-electron chi connectivity index (χ0n) is 11.7. The van der Waals surface area contributed by atoms with Crippen molar-refractivity contribution in [2.75, 3.05) is 7.11 Å². The van der Waals surface area contributed by atoms with Crippen molar-refractivity contribution in [3.05, 3.63) is 41.0 Å². The fourth-order valence-corrected chi connectivity index (χ4v) is 3.12. The van der Waals surface area contributed by atoms with Crippen molar-refractivity contribution in [3.8, 4) is 10.4 Å². The summed E-state index contributed by atoms with van der Waals surface area (Å²) in [5.74, 6) is -1.01. The number of aromatic carboxylic acids is 1. The fraction of sp³-hybridized carbons (Fsp3) is 0.333. The SMILES string of the molecule is CCC(C)(OC)c1nc(C(=O)O)c(-c2ccccc2)s1. The number of carbonyl (C=O) groups is 1. The standard InChI is InChI=1S/C15H17NO3S/c1-4-15(2,19-3)14-16-11(13(17)18)12(20-14)10-8-6-5-7-9-10/h5-9H,4H2,1-3H3,(H,17,18). The smallest absolute Gasteiger partial charge is 0.356 e. The molecule has 0 saturated heterocycles. The summed E-state index contributed by atoms with van der Waals surface area (Å²) in [6.07, 6.45) is 0.726. The molecular weight excluding hydrogens is 274 g/mol. The van der Waals surface area contributed by atoms with E-state index in [1.165, 1.54) is 11.3 Å². The average molecular weight is 291 g/mol. The highest BCUT2D eigenvalue weighted by Gasteiger charge is 2.31. The number of ether oxygens (including phenoxy) is 1. The lowest BCUT2D eigenvalue weighted by Gasteiger charge is -2.23. The number of benzene rings is 1. The number of thiazole rings is 1. The molecule has 2 rings (SSSR count). The van der Waals surface area contributed by atoms with Crippen LogP contribution in [-0.2, 0) is 10.3 Å². The Balaban J connectivity index is 2.58. The number of rotatable bonds is 5. The van der Waals surface area contributed by atoms with Crippen LogP contribution in [0.1, 0.15) is 35.8 Å². The highest BCUT2D eigenvalue weighted by atomic mass is 32.1. The molecule has 1 unspecified atom stereocenters. The van der Waals surface area contributed by atoms with Gasteiger partial charge in [0.25, 0.3) is 0 Å². The Bertz CT molecular complexity index is 603. The van der Waals surface area contributed by atoms with Gasteiger partial charge in [-0.1, -0.05) is 37.3 Å². The van der Waals surface area contributed by atoms with Crippen LogP contribution < -0.4 is 0 Å². The highest BCUT2D eigenvalue weighted by molar-refractivity contribution is 7.15. The van der Waals surface area contributed by atoms with Crippen LogP contribution in [0.4, 0.5) is 0 Å². The topological polar surface area (TPSA) is 59.4 Å². The van der Waals surface area contributed by atoms with E-state index < -0.39 is 11.6 Å². The number of carboxylic acids is 1. The van der Waals surface area contributed by atoms with Gasteiger partial charge in [0.15, 0.2) is 5.69 Å². The van der Waals surface area contributed by atoms with Gasteiger partial charge in [-0.15, -0.1) is 11.3 Å². The normalized spacial score (nSPS) is 13.9. The number of hydrogen-bond donors (Lipinski definition) is 1. The summed E-state index contributed by atoms with van der Waals surface area (Å²) < 4.78 is 5.51. The third kappa shape index (κ3) is 2.59. The van der Waals surface area contributed by atoms with E-state index in [-0.39, 0.29) is 5.69 Å². The Kier molecular flexibility index (Phi) is 4.20. The molecule has 1 N–H and O–H groups in total. The quantitative estimate of drug-likeness (QED) is 0.910. The minimum absolute atomic E-state index is 0.0907. The van der Waals surface area contributed by atoms with E-state index in [9.17, 15) is 9.90 Å². The molecule has 0 aliphatic heterocycles. The lowest BCUT2D eigenvalue weighted by atomic mass is 10.0. The Morgan fingerprint density at radius 3 is 2.55 bits per heavy atom. The molecule has 1 atom stereocenters. The third-order valence-electron chi connectivity index (χ3n) is 3.44. The van der Waals surface area contributed by atoms with Gasteiger partial charge >= 0.3 is 5.97 Å². The number of nitrogens with zero attached hydrogens (tertiary/aromatic N) is 1. The van der Waals surface area contributed by atoms with Gasteiger partial charge in [0.2, 0.25) is 0 Å². The molecule has 1 aromatic carbocycles. The molecule has 4 nitrogen and oxygen atoms in total. The third-order valence-corrected chi connectivity index (χ3v) is 4.79. The van der Waals surface area contributed by atoms with Crippen molar-refractivity contribution in [3.63, 3.8) is 0 Å². The summed E-state index contributed by atoms with van der Waals surface area (Å²) in [7, 11) is 1.62. The number of carboxylic acid groups (broad SMARTS) is 1. The molecule has 106 valence electrons. The van der Waals surface area contributed by atoms with Crippen molar-refractivity contribution >= 4 is 17.3 Å². The molecule has 0 aliphatic carbocycles. The van der Waals surface area contributed by atoms with Gasteiger partial charge in [0, 0.05) is 7.11 Å². The minimum Gasteiger partial charge on any atom is -0.476 e. The Labute approximate surface area is 122 Å². The van der Waals surface area contributed by atoms with Crippen LogP contribution in [0.25, 0.3) is 10.4 Å². The molecule has 2 aromatic rings. The summed E-state index contributed by atoms with van der Waals surface area (Å²) in [6.45, 7) is 3.92. The maximum atomic E-state index is 11.4. The van der Waals surface area contributed by atoms with Crippen molar-refractivity contribution in [2.24, 2.45) is 0 Å². The number of aromatic nitrogens is 1. The maximum Gasteiger partial charge on any atom is 0.356 e. The lowest BCUT2D eigenvalue weighted by molar-refractivity contribution is -0.00168. The number of methoxy groups -OCH3 is 1. The second-order valence-electron chi connectivity index (χ2n) is 4.66. The molecule has 5 heteroatoms. The maximum absolute atomic E-state index is 11.4. The highest BCUT2D eigenvalue weighted by Crippen LogP contribution is 2.38. The van der Waals surface area contributed by atoms with E-state index in [1.54, 1.807) is 7.11 Å². The first kappa shape index (κ1) is 14.7. The number of hydrogen-bond acceptors (Lipinski definition) is 4. The monoisotopic (exact) mass is 291 g/mol. The lowest BCUT2D eigenvalue weighted by Crippen LogP contribution is -2.23. The van der Waals surface area contributed by atoms with Crippen molar-refractivity contribution in [2.45, 2.75) is 25.9 Å². The molecule has 0 spiro atoms. The Morgan fingerprint density at radius 1 is 1.40 bits per heavy atom. The van der Waals surface area contributed by atoms with Crippen molar-refractivity contribution in [1.82, 2.24) is 4.98 Å². The van der Waals surface area contributed by atoms with Crippen LogP contribution in [0, 0.1) is 0 Å². The fourth-order valence-electron chi connectivity index (χ4n) is 1.86. The van der Waals surface area contributed by atoms with Crippen molar-refractivity contribution < 1.29 is 14.6 Å². The van der Waals surface area contributed by atoms with E-state index in [0.29, 0.717) is 9.88 Å². The second kappa shape index (κ2) is 5.73. The molecule has 0 bridgehead atoms. The predicted octanol–water partition coefficient (Wildman–Crippen LogP) is 3.78. The first-order valence-corrected chi connectivity index (χ1v) is 7.18. The molecule has 1 aromatic heterocycles.